The van der Waals surface area contributed by atoms with E-state index in [2.05, 4.69) is 10.0 Å². The largest absolute Gasteiger partial charge is 0.376 e. The summed E-state index contributed by atoms with van der Waals surface area (Å²) >= 11 is 5.80. The fourth-order valence-electron chi connectivity index (χ4n) is 2.69. The highest BCUT2D eigenvalue weighted by atomic mass is 35.5. The molecule has 1 aliphatic heterocycles. The van der Waals surface area contributed by atoms with Gasteiger partial charge < -0.3 is 10.1 Å². The number of carbonyl (C=O) groups excluding carboxylic acids is 1. The predicted molar refractivity (Wildman–Crippen MR) is 100 cm³/mol. The Balaban J connectivity index is 1.75. The van der Waals surface area contributed by atoms with Gasteiger partial charge in [0.1, 0.15) is 0 Å². The molecule has 0 radical (unpaired) electrons. The van der Waals surface area contributed by atoms with Gasteiger partial charge in [0.25, 0.3) is 15.9 Å². The number of hydrogen-bond donors (Lipinski definition) is 2. The van der Waals surface area contributed by atoms with Crippen molar-refractivity contribution in [3.63, 3.8) is 0 Å². The number of amides is 1. The monoisotopic (exact) mass is 394 g/mol. The molecule has 2 N–H and O–H groups in total. The number of rotatable bonds is 6. The number of ether oxygens (including phenoxy) is 1. The van der Waals surface area contributed by atoms with E-state index in [1.165, 1.54) is 24.3 Å². The quantitative estimate of drug-likeness (QED) is 0.788. The van der Waals surface area contributed by atoms with E-state index in [9.17, 15) is 13.2 Å². The molecule has 1 saturated heterocycles. The van der Waals surface area contributed by atoms with Crippen molar-refractivity contribution < 1.29 is 17.9 Å². The van der Waals surface area contributed by atoms with Crippen LogP contribution in [0.25, 0.3) is 0 Å². The van der Waals surface area contributed by atoms with Crippen molar-refractivity contribution in [3.05, 3.63) is 59.1 Å². The summed E-state index contributed by atoms with van der Waals surface area (Å²) in [4.78, 5) is 12.5. The highest BCUT2D eigenvalue weighted by molar-refractivity contribution is 7.92. The van der Waals surface area contributed by atoms with Crippen molar-refractivity contribution in [2.24, 2.45) is 0 Å². The average molecular weight is 395 g/mol. The van der Waals surface area contributed by atoms with Gasteiger partial charge in [-0.3, -0.25) is 9.52 Å². The molecule has 1 fully saturated rings. The summed E-state index contributed by atoms with van der Waals surface area (Å²) in [6.07, 6.45) is 1.90. The number of halogens is 1. The molecule has 2 aromatic rings. The molecule has 1 atom stereocenters. The highest BCUT2D eigenvalue weighted by Gasteiger charge is 2.20. The van der Waals surface area contributed by atoms with Crippen LogP contribution >= 0.6 is 11.6 Å². The number of hydrogen-bond acceptors (Lipinski definition) is 4. The SMILES string of the molecule is O=C(NC[C@H]1CCCO1)c1ccccc1NS(=O)(=O)c1ccc(Cl)cc1. The molecule has 1 heterocycles. The third-order valence-corrected chi connectivity index (χ3v) is 5.69. The summed E-state index contributed by atoms with van der Waals surface area (Å²) in [7, 11) is -3.83. The second-order valence-corrected chi connectivity index (χ2v) is 8.07. The topological polar surface area (TPSA) is 84.5 Å². The smallest absolute Gasteiger partial charge is 0.261 e. The molecule has 1 aliphatic rings. The molecule has 0 aromatic heterocycles. The van der Waals surface area contributed by atoms with Gasteiger partial charge in [0.05, 0.1) is 22.3 Å². The van der Waals surface area contributed by atoms with Crippen LogP contribution in [0, 0.1) is 0 Å². The zero-order chi connectivity index (χ0) is 18.6. The van der Waals surface area contributed by atoms with Crippen LogP contribution in [0.5, 0.6) is 0 Å². The number of anilines is 1. The number of benzene rings is 2. The van der Waals surface area contributed by atoms with Gasteiger partial charge in [-0.15, -0.1) is 0 Å². The molecule has 1 amide bonds. The van der Waals surface area contributed by atoms with Gasteiger partial charge in [-0.05, 0) is 49.2 Å². The van der Waals surface area contributed by atoms with Gasteiger partial charge in [-0.2, -0.15) is 0 Å². The molecule has 26 heavy (non-hydrogen) atoms. The minimum Gasteiger partial charge on any atom is -0.376 e. The summed E-state index contributed by atoms with van der Waals surface area (Å²) in [5.74, 6) is -0.352. The molecule has 0 unspecified atom stereocenters. The van der Waals surface area contributed by atoms with Crippen LogP contribution in [0.15, 0.2) is 53.4 Å². The molecule has 0 saturated carbocycles. The number of sulfonamides is 1. The molecule has 0 bridgehead atoms. The van der Waals surface area contributed by atoms with Gasteiger partial charge >= 0.3 is 0 Å². The first kappa shape index (κ1) is 18.7. The van der Waals surface area contributed by atoms with Crippen LogP contribution in [0.2, 0.25) is 5.02 Å². The molecule has 3 rings (SSSR count). The number of nitrogens with one attached hydrogen (secondary N) is 2. The minimum atomic E-state index is -3.83. The average Bonchev–Trinajstić information content (AvgIpc) is 3.14. The third-order valence-electron chi connectivity index (χ3n) is 4.05. The van der Waals surface area contributed by atoms with Crippen molar-refractivity contribution in [1.82, 2.24) is 5.32 Å². The van der Waals surface area contributed by atoms with Crippen LogP contribution in [-0.4, -0.2) is 33.6 Å². The Labute approximate surface area is 157 Å². The lowest BCUT2D eigenvalue weighted by atomic mass is 10.1. The maximum atomic E-state index is 12.5. The maximum Gasteiger partial charge on any atom is 0.261 e. The second-order valence-electron chi connectivity index (χ2n) is 5.95. The molecule has 2 aromatic carbocycles. The third kappa shape index (κ3) is 4.55. The zero-order valence-corrected chi connectivity index (χ0v) is 15.5. The van der Waals surface area contributed by atoms with Crippen LogP contribution in [0.3, 0.4) is 0 Å². The lowest BCUT2D eigenvalue weighted by molar-refractivity contribution is 0.0858. The van der Waals surface area contributed by atoms with E-state index in [1.54, 1.807) is 24.3 Å². The van der Waals surface area contributed by atoms with E-state index in [-0.39, 0.29) is 28.2 Å². The van der Waals surface area contributed by atoms with Crippen molar-refractivity contribution in [2.75, 3.05) is 17.9 Å². The molecular formula is C18H19ClN2O4S. The summed E-state index contributed by atoms with van der Waals surface area (Å²) < 4.78 is 33.0. The van der Waals surface area contributed by atoms with Crippen LogP contribution in [0.1, 0.15) is 23.2 Å². The molecule has 0 aliphatic carbocycles. The zero-order valence-electron chi connectivity index (χ0n) is 13.9. The van der Waals surface area contributed by atoms with Crippen molar-refractivity contribution >= 4 is 33.2 Å². The van der Waals surface area contributed by atoms with Crippen molar-refractivity contribution in [2.45, 2.75) is 23.8 Å². The van der Waals surface area contributed by atoms with Gasteiger partial charge in [0, 0.05) is 18.2 Å². The molecule has 6 nitrogen and oxygen atoms in total. The van der Waals surface area contributed by atoms with Gasteiger partial charge in [-0.25, -0.2) is 8.42 Å². The molecular weight excluding hydrogens is 376 g/mol. The van der Waals surface area contributed by atoms with Crippen LogP contribution < -0.4 is 10.0 Å². The normalized spacial score (nSPS) is 17.0. The number of para-hydroxylation sites is 1. The van der Waals surface area contributed by atoms with E-state index in [0.29, 0.717) is 18.2 Å². The van der Waals surface area contributed by atoms with Gasteiger partial charge in [0.2, 0.25) is 0 Å². The minimum absolute atomic E-state index is 0.0110. The first-order chi connectivity index (χ1) is 12.5. The Morgan fingerprint density at radius 1 is 1.15 bits per heavy atom. The standard InChI is InChI=1S/C18H19ClN2O4S/c19-13-7-9-15(10-8-13)26(23,24)21-17-6-2-1-5-16(17)18(22)20-12-14-4-3-11-25-14/h1-2,5-10,14,21H,3-4,11-12H2,(H,20,22)/t14-/m1/s1. The van der Waals surface area contributed by atoms with Crippen molar-refractivity contribution in [1.29, 1.82) is 0 Å². The Bertz CT molecular complexity index is 878. The summed E-state index contributed by atoms with van der Waals surface area (Å²) in [6.45, 7) is 1.11. The fraction of sp³-hybridized carbons (Fsp3) is 0.278. The number of carbonyl (C=O) groups is 1. The lowest BCUT2D eigenvalue weighted by Gasteiger charge is -2.14. The van der Waals surface area contributed by atoms with Gasteiger partial charge in [0.15, 0.2) is 0 Å². The Morgan fingerprint density at radius 2 is 1.88 bits per heavy atom. The van der Waals surface area contributed by atoms with Crippen molar-refractivity contribution in [3.8, 4) is 0 Å². The van der Waals surface area contributed by atoms with E-state index >= 15 is 0 Å². The Hall–Kier alpha value is -2.09. The van der Waals surface area contributed by atoms with Gasteiger partial charge in [-0.1, -0.05) is 23.7 Å². The van der Waals surface area contributed by atoms with Crippen LogP contribution in [-0.2, 0) is 14.8 Å². The van der Waals surface area contributed by atoms with Crippen LogP contribution in [0.4, 0.5) is 5.69 Å². The summed E-state index contributed by atoms with van der Waals surface area (Å²) in [5.41, 5.74) is 0.468. The predicted octanol–water partition coefficient (Wildman–Crippen LogP) is 3.05. The van der Waals surface area contributed by atoms with E-state index in [0.717, 1.165) is 12.8 Å². The summed E-state index contributed by atoms with van der Waals surface area (Å²) in [6, 6.07) is 12.3. The van der Waals surface area contributed by atoms with E-state index in [4.69, 9.17) is 16.3 Å². The fourth-order valence-corrected chi connectivity index (χ4v) is 3.90. The van der Waals surface area contributed by atoms with E-state index in [1.807, 2.05) is 0 Å². The Morgan fingerprint density at radius 3 is 2.58 bits per heavy atom. The Kier molecular flexibility index (Phi) is 5.80. The molecule has 0 spiro atoms. The van der Waals surface area contributed by atoms with E-state index < -0.39 is 10.0 Å². The highest BCUT2D eigenvalue weighted by Crippen LogP contribution is 2.21. The second kappa shape index (κ2) is 8.07. The maximum absolute atomic E-state index is 12.5. The summed E-state index contributed by atoms with van der Waals surface area (Å²) in [5, 5.41) is 3.24. The first-order valence-electron chi connectivity index (χ1n) is 8.23. The molecule has 138 valence electrons. The first-order valence-corrected chi connectivity index (χ1v) is 10.1. The lowest BCUT2D eigenvalue weighted by Crippen LogP contribution is -2.32. The molecule has 8 heteroatoms.